The van der Waals surface area contributed by atoms with Crippen molar-refractivity contribution in [1.29, 1.82) is 0 Å². The number of piperidine rings is 1. The van der Waals surface area contributed by atoms with Crippen molar-refractivity contribution in [2.45, 2.75) is 46.6 Å². The monoisotopic (exact) mass is 468 g/mol. The number of benzene rings is 1. The number of fused-ring (bicyclic) bond motifs is 3. The first-order valence-electron chi connectivity index (χ1n) is 11.5. The molecule has 0 saturated carbocycles. The summed E-state index contributed by atoms with van der Waals surface area (Å²) >= 11 is 6.40. The largest absolute Gasteiger partial charge is 0.332 e. The van der Waals surface area contributed by atoms with Crippen LogP contribution in [0.3, 0.4) is 0 Å². The minimum Gasteiger partial charge on any atom is -0.302 e. The molecule has 0 radical (unpaired) electrons. The van der Waals surface area contributed by atoms with Crippen molar-refractivity contribution < 1.29 is 0 Å². The fourth-order valence-corrected chi connectivity index (χ4v) is 5.17. The molecule has 0 bridgehead atoms. The molecule has 5 rings (SSSR count). The zero-order chi connectivity index (χ0) is 23.4. The van der Waals surface area contributed by atoms with Crippen LogP contribution in [0, 0.1) is 20.8 Å². The molecule has 33 heavy (non-hydrogen) atoms. The molecule has 9 heteroatoms. The third-order valence-electron chi connectivity index (χ3n) is 7.09. The number of rotatable bonds is 4. The Morgan fingerprint density at radius 1 is 1.00 bits per heavy atom. The van der Waals surface area contributed by atoms with Crippen LogP contribution in [0.2, 0.25) is 5.02 Å². The van der Waals surface area contributed by atoms with E-state index in [0.29, 0.717) is 35.1 Å². The van der Waals surface area contributed by atoms with Gasteiger partial charge < -0.3 is 4.90 Å². The minimum absolute atomic E-state index is 0.291. The molecule has 4 heterocycles. The van der Waals surface area contributed by atoms with E-state index in [1.807, 2.05) is 47.9 Å². The first kappa shape index (κ1) is 22.0. The number of aryl methyl sites for hydroxylation is 2. The van der Waals surface area contributed by atoms with Crippen molar-refractivity contribution in [1.82, 2.24) is 28.0 Å². The van der Waals surface area contributed by atoms with Crippen LogP contribution in [-0.4, -0.2) is 47.6 Å². The summed E-state index contributed by atoms with van der Waals surface area (Å²) in [4.78, 5) is 33.8. The molecule has 1 saturated heterocycles. The Balaban J connectivity index is 1.73. The second-order valence-electron chi connectivity index (χ2n) is 9.01. The molecule has 0 atom stereocenters. The number of nitrogens with zero attached hydrogens (tertiary/aromatic N) is 6. The molecule has 1 fully saturated rings. The molecule has 0 N–H and O–H groups in total. The van der Waals surface area contributed by atoms with Gasteiger partial charge in [0.2, 0.25) is 5.78 Å². The Kier molecular flexibility index (Phi) is 5.45. The minimum atomic E-state index is -0.329. The second-order valence-corrected chi connectivity index (χ2v) is 9.42. The smallest absolute Gasteiger partial charge is 0.302 e. The molecule has 3 aromatic heterocycles. The molecule has 1 aliphatic rings. The summed E-state index contributed by atoms with van der Waals surface area (Å²) in [7, 11) is 1.69. The summed E-state index contributed by atoms with van der Waals surface area (Å²) in [6.45, 7) is 9.07. The van der Waals surface area contributed by atoms with Gasteiger partial charge in [0.05, 0.1) is 5.69 Å². The van der Waals surface area contributed by atoms with Gasteiger partial charge in [-0.2, -0.15) is 4.98 Å². The van der Waals surface area contributed by atoms with Crippen molar-refractivity contribution >= 4 is 28.5 Å². The summed E-state index contributed by atoms with van der Waals surface area (Å²) in [5.41, 5.74) is 3.92. The van der Waals surface area contributed by atoms with Gasteiger partial charge in [0.1, 0.15) is 0 Å². The highest BCUT2D eigenvalue weighted by atomic mass is 35.5. The number of likely N-dealkylation sites (tertiary alicyclic amines) is 1. The van der Waals surface area contributed by atoms with E-state index in [-0.39, 0.29) is 11.2 Å². The summed E-state index contributed by atoms with van der Waals surface area (Å²) in [5, 5.41) is 0.667. The van der Waals surface area contributed by atoms with Crippen molar-refractivity contribution in [3.05, 3.63) is 61.0 Å². The molecule has 0 spiro atoms. The Labute approximate surface area is 196 Å². The van der Waals surface area contributed by atoms with Gasteiger partial charge in [-0.3, -0.25) is 22.9 Å². The lowest BCUT2D eigenvalue weighted by molar-refractivity contribution is 0.218. The van der Waals surface area contributed by atoms with Gasteiger partial charge in [-0.15, -0.1) is 0 Å². The highest BCUT2D eigenvalue weighted by molar-refractivity contribution is 6.31. The third-order valence-corrected chi connectivity index (χ3v) is 7.50. The Morgan fingerprint density at radius 3 is 2.45 bits per heavy atom. The maximum Gasteiger partial charge on any atom is 0.332 e. The molecule has 0 amide bonds. The first-order chi connectivity index (χ1) is 15.8. The standard InChI is InChI=1S/C24H29ClN6O2/c1-15-18(25)9-8-10-19(15)30-16(2)17(3)31-20-21(26-23(30)31)27(4)24(33)29(22(20)32)14-13-28-11-6-5-7-12-28/h8-10H,5-7,11-14H2,1-4H3. The van der Waals surface area contributed by atoms with Gasteiger partial charge in [0.25, 0.3) is 5.56 Å². The third kappa shape index (κ3) is 3.35. The Hall–Kier alpha value is -2.84. The van der Waals surface area contributed by atoms with Crippen molar-refractivity contribution in [2.24, 2.45) is 7.05 Å². The van der Waals surface area contributed by atoms with Crippen LogP contribution in [-0.2, 0) is 13.6 Å². The molecule has 0 unspecified atom stereocenters. The van der Waals surface area contributed by atoms with E-state index < -0.39 is 0 Å². The fraction of sp³-hybridized carbons (Fsp3) is 0.458. The number of imidazole rings is 2. The van der Waals surface area contributed by atoms with E-state index in [9.17, 15) is 9.59 Å². The van der Waals surface area contributed by atoms with Crippen LogP contribution in [0.1, 0.15) is 36.2 Å². The Bertz CT molecular complexity index is 1500. The maximum atomic E-state index is 13.6. The fourth-order valence-electron chi connectivity index (χ4n) is 5.00. The van der Waals surface area contributed by atoms with E-state index in [1.165, 1.54) is 28.4 Å². The van der Waals surface area contributed by atoms with Gasteiger partial charge >= 0.3 is 5.69 Å². The number of hydrogen-bond acceptors (Lipinski definition) is 4. The van der Waals surface area contributed by atoms with Gasteiger partial charge in [-0.25, -0.2) is 4.79 Å². The van der Waals surface area contributed by atoms with Crippen LogP contribution < -0.4 is 11.2 Å². The zero-order valence-corrected chi connectivity index (χ0v) is 20.3. The van der Waals surface area contributed by atoms with Gasteiger partial charge in [-0.1, -0.05) is 24.1 Å². The maximum absolute atomic E-state index is 13.6. The number of aromatic nitrogens is 5. The van der Waals surface area contributed by atoms with Crippen molar-refractivity contribution in [3.63, 3.8) is 0 Å². The topological polar surface area (TPSA) is 69.5 Å². The van der Waals surface area contributed by atoms with E-state index in [1.54, 1.807) is 7.05 Å². The van der Waals surface area contributed by atoms with Crippen LogP contribution >= 0.6 is 11.6 Å². The first-order valence-corrected chi connectivity index (χ1v) is 11.9. The molecule has 8 nitrogen and oxygen atoms in total. The molecule has 174 valence electrons. The molecular formula is C24H29ClN6O2. The summed E-state index contributed by atoms with van der Waals surface area (Å²) in [6.07, 6.45) is 3.59. The second kappa shape index (κ2) is 8.18. The lowest BCUT2D eigenvalue weighted by atomic mass is 10.1. The summed E-state index contributed by atoms with van der Waals surface area (Å²) in [6, 6.07) is 5.75. The lowest BCUT2D eigenvalue weighted by Crippen LogP contribution is -2.43. The highest BCUT2D eigenvalue weighted by Gasteiger charge is 2.24. The van der Waals surface area contributed by atoms with E-state index >= 15 is 0 Å². The lowest BCUT2D eigenvalue weighted by Gasteiger charge is -2.26. The average molecular weight is 469 g/mol. The van der Waals surface area contributed by atoms with Crippen molar-refractivity contribution in [2.75, 3.05) is 19.6 Å². The zero-order valence-electron chi connectivity index (χ0n) is 19.6. The van der Waals surface area contributed by atoms with E-state index in [2.05, 4.69) is 4.90 Å². The molecule has 1 aliphatic heterocycles. The van der Waals surface area contributed by atoms with Crippen molar-refractivity contribution in [3.8, 4) is 5.69 Å². The SMILES string of the molecule is Cc1c(Cl)cccc1-n1c(C)c(C)n2c3c(=O)n(CCN4CCCCC4)c(=O)n(C)c3nc12. The molecule has 0 aliphatic carbocycles. The van der Waals surface area contributed by atoms with E-state index in [4.69, 9.17) is 16.6 Å². The average Bonchev–Trinajstić information content (AvgIpc) is 3.31. The van der Waals surface area contributed by atoms with Crippen LogP contribution in [0.4, 0.5) is 0 Å². The van der Waals surface area contributed by atoms with Gasteiger partial charge in [0, 0.05) is 36.5 Å². The molecule has 4 aromatic rings. The van der Waals surface area contributed by atoms with E-state index in [0.717, 1.165) is 35.7 Å². The molecular weight excluding hydrogens is 440 g/mol. The number of hydrogen-bond donors (Lipinski definition) is 0. The quantitative estimate of drug-likeness (QED) is 0.461. The summed E-state index contributed by atoms with van der Waals surface area (Å²) in [5.74, 6) is 0.603. The predicted octanol–water partition coefficient (Wildman–Crippen LogP) is 3.20. The summed E-state index contributed by atoms with van der Waals surface area (Å²) < 4.78 is 6.74. The highest BCUT2D eigenvalue weighted by Crippen LogP contribution is 2.29. The normalized spacial score (nSPS) is 15.2. The van der Waals surface area contributed by atoms with Crippen LogP contribution in [0.25, 0.3) is 22.6 Å². The van der Waals surface area contributed by atoms with Gasteiger partial charge in [-0.05, 0) is 64.4 Å². The molecule has 1 aromatic carbocycles. The Morgan fingerprint density at radius 2 is 1.73 bits per heavy atom. The number of halogens is 1. The van der Waals surface area contributed by atoms with Crippen LogP contribution in [0.5, 0.6) is 0 Å². The predicted molar refractivity (Wildman–Crippen MR) is 131 cm³/mol. The van der Waals surface area contributed by atoms with Gasteiger partial charge in [0.15, 0.2) is 11.2 Å². The van der Waals surface area contributed by atoms with Crippen LogP contribution in [0.15, 0.2) is 27.8 Å².